The summed E-state index contributed by atoms with van der Waals surface area (Å²) in [5, 5.41) is 7.66. The number of hydrogen-bond donors (Lipinski definition) is 1. The number of aromatic nitrogens is 2. The number of nitrogens with zero attached hydrogens (tertiary/aromatic N) is 3. The van der Waals surface area contributed by atoms with Gasteiger partial charge in [-0.2, -0.15) is 0 Å². The highest BCUT2D eigenvalue weighted by Gasteiger charge is 2.27. The largest absolute Gasteiger partial charge is 0.310 e. The van der Waals surface area contributed by atoms with Gasteiger partial charge in [-0.15, -0.1) is 0 Å². The average molecular weight is 393 g/mol. The van der Waals surface area contributed by atoms with Crippen LogP contribution in [0.3, 0.4) is 0 Å². The number of sulfonamides is 1. The van der Waals surface area contributed by atoms with Gasteiger partial charge in [-0.05, 0) is 47.1 Å². The maximum Gasteiger partial charge on any atom is 0.264 e. The highest BCUT2D eigenvalue weighted by atomic mass is 35.5. The zero-order valence-electron chi connectivity index (χ0n) is 13.3. The van der Waals surface area contributed by atoms with E-state index in [1.807, 2.05) is 0 Å². The summed E-state index contributed by atoms with van der Waals surface area (Å²) >= 11 is 6.04. The smallest absolute Gasteiger partial charge is 0.264 e. The highest BCUT2D eigenvalue weighted by molar-refractivity contribution is 7.93. The minimum Gasteiger partial charge on any atom is -0.310 e. The van der Waals surface area contributed by atoms with E-state index < -0.39 is 10.0 Å². The van der Waals surface area contributed by atoms with Crippen molar-refractivity contribution in [3.05, 3.63) is 41.4 Å². The molecule has 2 heterocycles. The van der Waals surface area contributed by atoms with Crippen LogP contribution in [0.1, 0.15) is 12.8 Å². The van der Waals surface area contributed by atoms with Gasteiger partial charge in [-0.1, -0.05) is 17.7 Å². The third-order valence-electron chi connectivity index (χ3n) is 4.11. The van der Waals surface area contributed by atoms with Crippen molar-refractivity contribution >= 4 is 49.9 Å². The summed E-state index contributed by atoms with van der Waals surface area (Å²) in [6, 6.07) is 9.26. The Bertz CT molecular complexity index is 1110. The third kappa shape index (κ3) is 2.89. The van der Waals surface area contributed by atoms with Crippen LogP contribution < -0.4 is 9.62 Å². The van der Waals surface area contributed by atoms with Crippen molar-refractivity contribution in [3.8, 4) is 0 Å². The monoisotopic (exact) mass is 392 g/mol. The number of carbonyl (C=O) groups excluding carboxylic acids is 1. The number of amides is 1. The molecule has 134 valence electrons. The minimum absolute atomic E-state index is 0.0597. The molecule has 26 heavy (non-hydrogen) atoms. The lowest BCUT2D eigenvalue weighted by molar-refractivity contribution is -0.117. The van der Waals surface area contributed by atoms with Crippen molar-refractivity contribution < 1.29 is 17.8 Å². The number of benzene rings is 2. The van der Waals surface area contributed by atoms with E-state index in [1.54, 1.807) is 29.2 Å². The lowest BCUT2D eigenvalue weighted by atomic mass is 10.2. The second-order valence-corrected chi connectivity index (χ2v) is 7.89. The summed E-state index contributed by atoms with van der Waals surface area (Å²) in [6.45, 7) is 0.526. The standard InChI is InChI=1S/C16H13ClN4O4S/c17-10-6-7-13(21-8-2-5-15(21)22)12(9-10)20-26(23,24)14-4-1-3-11-16(14)19-25-18-11/h1,3-4,6-7,9,20H,2,5,8H2. The molecule has 0 spiro atoms. The minimum atomic E-state index is -4.01. The number of rotatable bonds is 4. The molecule has 1 aliphatic heterocycles. The molecule has 2 aromatic carbocycles. The quantitative estimate of drug-likeness (QED) is 0.731. The van der Waals surface area contributed by atoms with Crippen LogP contribution in [0, 0.1) is 0 Å². The van der Waals surface area contributed by atoms with Crippen molar-refractivity contribution in [2.75, 3.05) is 16.2 Å². The molecule has 0 atom stereocenters. The molecule has 1 aromatic heterocycles. The van der Waals surface area contributed by atoms with E-state index in [0.29, 0.717) is 29.2 Å². The van der Waals surface area contributed by atoms with Gasteiger partial charge >= 0.3 is 0 Å². The summed E-state index contributed by atoms with van der Waals surface area (Å²) < 4.78 is 32.9. The van der Waals surface area contributed by atoms with Crippen LogP contribution in [0.5, 0.6) is 0 Å². The predicted octanol–water partition coefficient (Wildman–Crippen LogP) is 2.80. The second-order valence-electron chi connectivity index (χ2n) is 5.80. The first-order chi connectivity index (χ1) is 12.5. The Labute approximate surface area is 153 Å². The zero-order valence-corrected chi connectivity index (χ0v) is 14.9. The Morgan fingerprint density at radius 2 is 2.04 bits per heavy atom. The summed E-state index contributed by atoms with van der Waals surface area (Å²) in [7, 11) is -4.01. The Morgan fingerprint density at radius 3 is 2.81 bits per heavy atom. The fourth-order valence-electron chi connectivity index (χ4n) is 2.93. The molecule has 10 heteroatoms. The van der Waals surface area contributed by atoms with Crippen LogP contribution in [0.4, 0.5) is 11.4 Å². The molecule has 0 saturated carbocycles. The van der Waals surface area contributed by atoms with Crippen LogP contribution in [0.15, 0.2) is 45.9 Å². The van der Waals surface area contributed by atoms with E-state index >= 15 is 0 Å². The molecule has 3 aromatic rings. The lowest BCUT2D eigenvalue weighted by Crippen LogP contribution is -2.25. The van der Waals surface area contributed by atoms with Gasteiger partial charge < -0.3 is 4.90 Å². The number of fused-ring (bicyclic) bond motifs is 1. The summed E-state index contributed by atoms with van der Waals surface area (Å²) in [5.41, 5.74) is 1.14. The van der Waals surface area contributed by atoms with E-state index in [4.69, 9.17) is 11.6 Å². The van der Waals surface area contributed by atoms with Gasteiger partial charge in [0.2, 0.25) is 5.91 Å². The van der Waals surface area contributed by atoms with Crippen LogP contribution in [0.2, 0.25) is 5.02 Å². The van der Waals surface area contributed by atoms with Crippen molar-refractivity contribution in [2.45, 2.75) is 17.7 Å². The molecule has 4 rings (SSSR count). The molecule has 1 saturated heterocycles. The Hall–Kier alpha value is -2.65. The molecule has 0 unspecified atom stereocenters. The molecule has 1 fully saturated rings. The number of halogens is 1. The van der Waals surface area contributed by atoms with Gasteiger partial charge in [0.1, 0.15) is 10.4 Å². The first kappa shape index (κ1) is 16.8. The molecule has 1 aliphatic rings. The number of carbonyl (C=O) groups is 1. The average Bonchev–Trinajstić information content (AvgIpc) is 3.23. The molecule has 1 N–H and O–H groups in total. The van der Waals surface area contributed by atoms with Gasteiger partial charge in [-0.3, -0.25) is 9.52 Å². The van der Waals surface area contributed by atoms with Gasteiger partial charge in [0, 0.05) is 18.0 Å². The van der Waals surface area contributed by atoms with E-state index in [1.165, 1.54) is 12.1 Å². The van der Waals surface area contributed by atoms with Crippen LogP contribution in [0.25, 0.3) is 11.0 Å². The normalized spacial score (nSPS) is 15.0. The summed E-state index contributed by atoms with van der Waals surface area (Å²) in [6.07, 6.45) is 1.15. The molecule has 0 aliphatic carbocycles. The molecule has 0 bridgehead atoms. The van der Waals surface area contributed by atoms with Crippen LogP contribution in [-0.4, -0.2) is 31.2 Å². The number of anilines is 2. The maximum atomic E-state index is 12.9. The first-order valence-corrected chi connectivity index (χ1v) is 9.66. The molecule has 0 radical (unpaired) electrons. The van der Waals surface area contributed by atoms with E-state index in [0.717, 1.165) is 6.42 Å². The van der Waals surface area contributed by atoms with Crippen molar-refractivity contribution in [1.29, 1.82) is 0 Å². The van der Waals surface area contributed by atoms with Crippen LogP contribution >= 0.6 is 11.6 Å². The second kappa shape index (κ2) is 6.26. The summed E-state index contributed by atoms with van der Waals surface area (Å²) in [5.74, 6) is -0.0597. The number of hydrogen-bond acceptors (Lipinski definition) is 6. The Kier molecular flexibility index (Phi) is 4.04. The van der Waals surface area contributed by atoms with Gasteiger partial charge in [0.25, 0.3) is 10.0 Å². The highest BCUT2D eigenvalue weighted by Crippen LogP contribution is 2.34. The van der Waals surface area contributed by atoms with Crippen molar-refractivity contribution in [2.24, 2.45) is 0 Å². The number of nitrogens with one attached hydrogen (secondary N) is 1. The van der Waals surface area contributed by atoms with Gasteiger partial charge in [0.05, 0.1) is 11.4 Å². The fourth-order valence-corrected chi connectivity index (χ4v) is 4.32. The van der Waals surface area contributed by atoms with E-state index in [-0.39, 0.29) is 22.0 Å². The van der Waals surface area contributed by atoms with Crippen molar-refractivity contribution in [3.63, 3.8) is 0 Å². The first-order valence-electron chi connectivity index (χ1n) is 7.80. The third-order valence-corrected chi connectivity index (χ3v) is 5.74. The predicted molar refractivity (Wildman–Crippen MR) is 95.7 cm³/mol. The van der Waals surface area contributed by atoms with E-state index in [9.17, 15) is 13.2 Å². The maximum absolute atomic E-state index is 12.9. The Balaban J connectivity index is 1.78. The van der Waals surface area contributed by atoms with Crippen LogP contribution in [-0.2, 0) is 14.8 Å². The van der Waals surface area contributed by atoms with E-state index in [2.05, 4.69) is 19.7 Å². The topological polar surface area (TPSA) is 105 Å². The van der Waals surface area contributed by atoms with Gasteiger partial charge in [0.15, 0.2) is 5.52 Å². The fraction of sp³-hybridized carbons (Fsp3) is 0.188. The summed E-state index contributed by atoms with van der Waals surface area (Å²) in [4.78, 5) is 13.5. The Morgan fingerprint density at radius 1 is 1.19 bits per heavy atom. The van der Waals surface area contributed by atoms with Gasteiger partial charge in [-0.25, -0.2) is 13.0 Å². The molecule has 8 nitrogen and oxygen atoms in total. The molecular weight excluding hydrogens is 380 g/mol. The zero-order chi connectivity index (χ0) is 18.3. The molecule has 1 amide bonds. The SMILES string of the molecule is O=C1CCCN1c1ccc(Cl)cc1NS(=O)(=O)c1cccc2nonc12. The molecular formula is C16H13ClN4O4S. The van der Waals surface area contributed by atoms with Crippen molar-refractivity contribution in [1.82, 2.24) is 10.3 Å². The lowest BCUT2D eigenvalue weighted by Gasteiger charge is -2.20.